The van der Waals surface area contributed by atoms with E-state index in [2.05, 4.69) is 17.6 Å². The minimum atomic E-state index is -0.307. The predicted octanol–water partition coefficient (Wildman–Crippen LogP) is 6.85. The van der Waals surface area contributed by atoms with Crippen molar-refractivity contribution >= 4 is 23.4 Å². The molecule has 0 aliphatic heterocycles. The van der Waals surface area contributed by atoms with E-state index in [0.717, 1.165) is 40.1 Å². The van der Waals surface area contributed by atoms with Crippen LogP contribution >= 0.6 is 0 Å². The lowest BCUT2D eigenvalue weighted by atomic mass is 10.1. The summed E-state index contributed by atoms with van der Waals surface area (Å²) in [5.74, 6) is 0.476. The van der Waals surface area contributed by atoms with Gasteiger partial charge in [0.05, 0.1) is 11.4 Å². The first kappa shape index (κ1) is 27.6. The molecule has 39 heavy (non-hydrogen) atoms. The van der Waals surface area contributed by atoms with Gasteiger partial charge in [0.15, 0.2) is 0 Å². The highest BCUT2D eigenvalue weighted by atomic mass is 16.2. The number of urea groups is 1. The number of nitrogens with zero attached hydrogens (tertiary/aromatic N) is 3. The molecular weight excluding hydrogens is 486 g/mol. The molecule has 0 unspecified atom stereocenters. The maximum atomic E-state index is 13.5. The largest absolute Gasteiger partial charge is 0.322 e. The molecule has 4 rings (SSSR count). The van der Waals surface area contributed by atoms with Crippen LogP contribution in [-0.4, -0.2) is 39.7 Å². The van der Waals surface area contributed by atoms with E-state index < -0.39 is 0 Å². The van der Waals surface area contributed by atoms with Crippen LogP contribution < -0.4 is 10.6 Å². The fraction of sp³-hybridized carbons (Fsp3) is 0.281. The van der Waals surface area contributed by atoms with Crippen molar-refractivity contribution in [2.45, 2.75) is 41.0 Å². The summed E-state index contributed by atoms with van der Waals surface area (Å²) in [7, 11) is 0. The number of hydrogen-bond acceptors (Lipinski definition) is 3. The zero-order valence-electron chi connectivity index (χ0n) is 23.4. The Kier molecular flexibility index (Phi) is 8.81. The number of hydrogen-bond donors (Lipinski definition) is 2. The van der Waals surface area contributed by atoms with Gasteiger partial charge in [0.25, 0.3) is 0 Å². The van der Waals surface area contributed by atoms with Gasteiger partial charge < -0.3 is 15.5 Å². The number of nitrogens with one attached hydrogen (secondary N) is 2. The second-order valence-electron chi connectivity index (χ2n) is 10.2. The molecule has 0 aliphatic rings. The number of rotatable bonds is 9. The first-order valence-electron chi connectivity index (χ1n) is 13.4. The molecule has 7 heteroatoms. The highest BCUT2D eigenvalue weighted by molar-refractivity contribution is 5.99. The molecule has 1 heterocycles. The smallest absolute Gasteiger partial charge is 0.315 e. The molecule has 202 valence electrons. The van der Waals surface area contributed by atoms with Gasteiger partial charge in [-0.2, -0.15) is 5.10 Å². The summed E-state index contributed by atoms with van der Waals surface area (Å²) in [5.41, 5.74) is 6.37. The molecule has 0 radical (unpaired) electrons. The lowest BCUT2D eigenvalue weighted by Gasteiger charge is -2.25. The van der Waals surface area contributed by atoms with E-state index in [1.165, 1.54) is 0 Å². The van der Waals surface area contributed by atoms with Crippen LogP contribution in [-0.2, 0) is 11.2 Å². The minimum absolute atomic E-state index is 0.0935. The monoisotopic (exact) mass is 523 g/mol. The van der Waals surface area contributed by atoms with E-state index in [1.54, 1.807) is 9.58 Å². The van der Waals surface area contributed by atoms with E-state index >= 15 is 0 Å². The molecule has 3 amide bonds. The van der Waals surface area contributed by atoms with Gasteiger partial charge in [-0.1, -0.05) is 81.4 Å². The molecule has 0 saturated carbocycles. The Hall–Kier alpha value is -4.39. The van der Waals surface area contributed by atoms with E-state index in [9.17, 15) is 9.59 Å². The second kappa shape index (κ2) is 12.4. The maximum absolute atomic E-state index is 13.5. The average molecular weight is 524 g/mol. The molecule has 0 atom stereocenters. The third kappa shape index (κ3) is 6.74. The van der Waals surface area contributed by atoms with Crippen molar-refractivity contribution in [3.63, 3.8) is 0 Å². The molecule has 7 nitrogen and oxygen atoms in total. The quantitative estimate of drug-likeness (QED) is 0.252. The van der Waals surface area contributed by atoms with Crippen molar-refractivity contribution in [2.24, 2.45) is 5.92 Å². The Balaban J connectivity index is 1.64. The highest BCUT2D eigenvalue weighted by Gasteiger charge is 2.24. The zero-order chi connectivity index (χ0) is 27.9. The number of benzene rings is 3. The van der Waals surface area contributed by atoms with Crippen LogP contribution in [0.3, 0.4) is 0 Å². The number of aromatic nitrogens is 2. The average Bonchev–Trinajstić information content (AvgIpc) is 3.23. The van der Waals surface area contributed by atoms with E-state index in [1.807, 2.05) is 107 Å². The van der Waals surface area contributed by atoms with Crippen molar-refractivity contribution in [3.05, 3.63) is 95.7 Å². The zero-order valence-corrected chi connectivity index (χ0v) is 23.4. The van der Waals surface area contributed by atoms with Gasteiger partial charge in [-0.25, -0.2) is 9.48 Å². The van der Waals surface area contributed by atoms with Crippen molar-refractivity contribution in [3.8, 4) is 16.8 Å². The topological polar surface area (TPSA) is 79.3 Å². The summed E-state index contributed by atoms with van der Waals surface area (Å²) in [4.78, 5) is 28.4. The van der Waals surface area contributed by atoms with Crippen LogP contribution in [0.1, 0.15) is 37.6 Å². The number of carbonyl (C=O) groups is 2. The molecule has 1 aromatic heterocycles. The summed E-state index contributed by atoms with van der Waals surface area (Å²) < 4.78 is 1.79. The van der Waals surface area contributed by atoms with Gasteiger partial charge in [0.2, 0.25) is 5.91 Å². The number of para-hydroxylation sites is 1. The normalized spacial score (nSPS) is 10.9. The van der Waals surface area contributed by atoms with Gasteiger partial charge in [-0.3, -0.25) is 4.79 Å². The van der Waals surface area contributed by atoms with Crippen LogP contribution in [0.25, 0.3) is 16.8 Å². The summed E-state index contributed by atoms with van der Waals surface area (Å²) in [6.07, 6.45) is 0.875. The Bertz CT molecular complexity index is 1440. The summed E-state index contributed by atoms with van der Waals surface area (Å²) in [5, 5.41) is 10.9. The Morgan fingerprint density at radius 1 is 0.923 bits per heavy atom. The van der Waals surface area contributed by atoms with Gasteiger partial charge in [0, 0.05) is 17.8 Å². The van der Waals surface area contributed by atoms with Crippen molar-refractivity contribution < 1.29 is 9.59 Å². The molecule has 0 saturated heterocycles. The standard InChI is InChI=1S/C32H37N5O2/c1-6-25-14-12-17-27(19-25)33-32(39)36(20-22(2)3)21-29(38)34-31-30(26-15-8-7-9-16-26)24(5)35-37(31)28-18-11-10-13-23(28)4/h7-19,22H,6,20-21H2,1-5H3,(H,33,39)(H,34,38). The lowest BCUT2D eigenvalue weighted by Crippen LogP contribution is -2.42. The molecule has 2 N–H and O–H groups in total. The third-order valence-corrected chi connectivity index (χ3v) is 6.52. The van der Waals surface area contributed by atoms with E-state index in [0.29, 0.717) is 18.1 Å². The fourth-order valence-electron chi connectivity index (χ4n) is 4.65. The van der Waals surface area contributed by atoms with Gasteiger partial charge in [-0.05, 0) is 61.1 Å². The summed E-state index contributed by atoms with van der Waals surface area (Å²) >= 11 is 0. The first-order chi connectivity index (χ1) is 18.8. The molecule has 3 aromatic carbocycles. The Labute approximate surface area is 230 Å². The molecule has 0 fully saturated rings. The van der Waals surface area contributed by atoms with E-state index in [-0.39, 0.29) is 24.4 Å². The van der Waals surface area contributed by atoms with Gasteiger partial charge in [-0.15, -0.1) is 0 Å². The SMILES string of the molecule is CCc1cccc(NC(=O)N(CC(=O)Nc2c(-c3ccccc3)c(C)nn2-c2ccccc2C)CC(C)C)c1. The minimum Gasteiger partial charge on any atom is -0.315 e. The highest BCUT2D eigenvalue weighted by Crippen LogP contribution is 2.34. The molecule has 0 aliphatic carbocycles. The van der Waals surface area contributed by atoms with Crippen LogP contribution in [0, 0.1) is 19.8 Å². The van der Waals surface area contributed by atoms with Crippen molar-refractivity contribution in [2.75, 3.05) is 23.7 Å². The fourth-order valence-corrected chi connectivity index (χ4v) is 4.65. The number of carbonyl (C=O) groups excluding carboxylic acids is 2. The first-order valence-corrected chi connectivity index (χ1v) is 13.4. The molecule has 4 aromatic rings. The Morgan fingerprint density at radius 3 is 2.33 bits per heavy atom. The van der Waals surface area contributed by atoms with Crippen molar-refractivity contribution in [1.29, 1.82) is 0 Å². The third-order valence-electron chi connectivity index (χ3n) is 6.52. The maximum Gasteiger partial charge on any atom is 0.322 e. The predicted molar refractivity (Wildman–Crippen MR) is 158 cm³/mol. The van der Waals surface area contributed by atoms with Crippen LogP contribution in [0.15, 0.2) is 78.9 Å². The van der Waals surface area contributed by atoms with Crippen LogP contribution in [0.4, 0.5) is 16.3 Å². The van der Waals surface area contributed by atoms with Gasteiger partial charge >= 0.3 is 6.03 Å². The van der Waals surface area contributed by atoms with Gasteiger partial charge in [0.1, 0.15) is 12.4 Å². The second-order valence-corrected chi connectivity index (χ2v) is 10.2. The van der Waals surface area contributed by atoms with Crippen molar-refractivity contribution in [1.82, 2.24) is 14.7 Å². The lowest BCUT2D eigenvalue weighted by molar-refractivity contribution is -0.116. The molecular formula is C32H37N5O2. The number of amides is 3. The van der Waals surface area contributed by atoms with E-state index in [4.69, 9.17) is 5.10 Å². The number of anilines is 2. The number of aryl methyl sites for hydroxylation is 3. The Morgan fingerprint density at radius 2 is 1.64 bits per heavy atom. The van der Waals surface area contributed by atoms with Crippen LogP contribution in [0.5, 0.6) is 0 Å². The molecule has 0 spiro atoms. The van der Waals surface area contributed by atoms with Crippen LogP contribution in [0.2, 0.25) is 0 Å². The molecule has 0 bridgehead atoms. The summed E-state index contributed by atoms with van der Waals surface area (Å²) in [6, 6.07) is 25.3. The summed E-state index contributed by atoms with van der Waals surface area (Å²) in [6.45, 7) is 10.4.